The molecule has 0 saturated heterocycles. The van der Waals surface area contributed by atoms with Crippen LogP contribution >= 0.6 is 0 Å². The number of rotatable bonds is 7. The zero-order valence-corrected chi connectivity index (χ0v) is 22.8. The van der Waals surface area contributed by atoms with Gasteiger partial charge < -0.3 is 15.8 Å². The standard InChI is InChI=1S/C33H29N5O3/c1-37-31-29(32(39)38(2)33(37)40)28(25-14-8-9-15-27(25)41-24-12-4-3-5-13-24)26(19-34)30(36-31)35-20-21-16-17-22-10-6-7-11-23(22)18-21/h3-18H,19-20,34H2,1-2H3,(H,35,36). The van der Waals surface area contributed by atoms with E-state index in [4.69, 9.17) is 15.5 Å². The molecule has 0 aliphatic carbocycles. The monoisotopic (exact) mass is 543 g/mol. The zero-order valence-electron chi connectivity index (χ0n) is 22.8. The van der Waals surface area contributed by atoms with Crippen molar-refractivity contribution in [3.63, 3.8) is 0 Å². The van der Waals surface area contributed by atoms with Gasteiger partial charge >= 0.3 is 5.69 Å². The second kappa shape index (κ2) is 10.7. The first kappa shape index (κ1) is 26.0. The van der Waals surface area contributed by atoms with Crippen molar-refractivity contribution in [3.05, 3.63) is 129 Å². The Balaban J connectivity index is 1.56. The summed E-state index contributed by atoms with van der Waals surface area (Å²) in [6.07, 6.45) is 0. The van der Waals surface area contributed by atoms with Gasteiger partial charge in [-0.2, -0.15) is 0 Å². The number of benzene rings is 4. The van der Waals surface area contributed by atoms with E-state index in [2.05, 4.69) is 35.6 Å². The lowest BCUT2D eigenvalue weighted by Gasteiger charge is -2.20. The molecule has 2 aromatic heterocycles. The molecule has 2 heterocycles. The van der Waals surface area contributed by atoms with Gasteiger partial charge in [-0.1, -0.05) is 72.8 Å². The van der Waals surface area contributed by atoms with Gasteiger partial charge in [-0.25, -0.2) is 9.78 Å². The molecule has 41 heavy (non-hydrogen) atoms. The second-order valence-electron chi connectivity index (χ2n) is 9.87. The number of hydrogen-bond donors (Lipinski definition) is 2. The summed E-state index contributed by atoms with van der Waals surface area (Å²) in [5.41, 5.74) is 8.70. The lowest BCUT2D eigenvalue weighted by Crippen LogP contribution is -2.38. The first-order valence-corrected chi connectivity index (χ1v) is 13.3. The Morgan fingerprint density at radius 1 is 0.829 bits per heavy atom. The van der Waals surface area contributed by atoms with Crippen molar-refractivity contribution >= 4 is 27.6 Å². The first-order valence-electron chi connectivity index (χ1n) is 13.3. The molecule has 0 bridgehead atoms. The normalized spacial score (nSPS) is 11.2. The van der Waals surface area contributed by atoms with E-state index in [0.29, 0.717) is 45.9 Å². The van der Waals surface area contributed by atoms with Gasteiger partial charge in [-0.3, -0.25) is 13.9 Å². The summed E-state index contributed by atoms with van der Waals surface area (Å²) >= 11 is 0. The lowest BCUT2D eigenvalue weighted by molar-refractivity contribution is 0.484. The van der Waals surface area contributed by atoms with Gasteiger partial charge in [0.25, 0.3) is 5.56 Å². The van der Waals surface area contributed by atoms with E-state index < -0.39 is 11.2 Å². The number of aryl methyl sites for hydroxylation is 1. The first-order chi connectivity index (χ1) is 20.0. The molecule has 4 aromatic carbocycles. The van der Waals surface area contributed by atoms with Crippen molar-refractivity contribution in [2.75, 3.05) is 5.32 Å². The maximum absolute atomic E-state index is 13.7. The van der Waals surface area contributed by atoms with Gasteiger partial charge in [-0.15, -0.1) is 0 Å². The number of ether oxygens (including phenoxy) is 1. The Hall–Kier alpha value is -5.21. The average Bonchev–Trinajstić information content (AvgIpc) is 3.01. The SMILES string of the molecule is Cn1c(=O)c2c(-c3ccccc3Oc3ccccc3)c(CN)c(NCc3ccc4ccccc4c3)nc2n(C)c1=O. The lowest BCUT2D eigenvalue weighted by atomic mass is 9.96. The molecule has 204 valence electrons. The van der Waals surface area contributed by atoms with Crippen molar-refractivity contribution in [1.82, 2.24) is 14.1 Å². The fourth-order valence-electron chi connectivity index (χ4n) is 5.18. The predicted octanol–water partition coefficient (Wildman–Crippen LogP) is 5.32. The van der Waals surface area contributed by atoms with Crippen LogP contribution in [0.25, 0.3) is 32.9 Å². The van der Waals surface area contributed by atoms with Gasteiger partial charge in [0, 0.05) is 43.9 Å². The summed E-state index contributed by atoms with van der Waals surface area (Å²) in [6.45, 7) is 0.570. The van der Waals surface area contributed by atoms with E-state index in [1.165, 1.54) is 11.6 Å². The van der Waals surface area contributed by atoms with Crippen LogP contribution in [0.4, 0.5) is 5.82 Å². The molecule has 0 aliphatic rings. The van der Waals surface area contributed by atoms with Gasteiger partial charge in [-0.05, 0) is 40.6 Å². The van der Waals surface area contributed by atoms with Crippen LogP contribution < -0.4 is 27.0 Å². The largest absolute Gasteiger partial charge is 0.457 e. The molecule has 3 N–H and O–H groups in total. The minimum Gasteiger partial charge on any atom is -0.457 e. The van der Waals surface area contributed by atoms with Crippen molar-refractivity contribution in [1.29, 1.82) is 0 Å². The van der Waals surface area contributed by atoms with Crippen molar-refractivity contribution in [2.45, 2.75) is 13.1 Å². The van der Waals surface area contributed by atoms with E-state index in [0.717, 1.165) is 20.9 Å². The quantitative estimate of drug-likeness (QED) is 0.283. The molecule has 0 fully saturated rings. The maximum atomic E-state index is 13.7. The Labute approximate surface area is 236 Å². The third kappa shape index (κ3) is 4.74. The van der Waals surface area contributed by atoms with E-state index in [1.807, 2.05) is 66.7 Å². The molecule has 0 aliphatic heterocycles. The van der Waals surface area contributed by atoms with Crippen LogP contribution in [0.1, 0.15) is 11.1 Å². The summed E-state index contributed by atoms with van der Waals surface area (Å²) < 4.78 is 8.77. The van der Waals surface area contributed by atoms with E-state index in [-0.39, 0.29) is 12.2 Å². The zero-order chi connectivity index (χ0) is 28.5. The summed E-state index contributed by atoms with van der Waals surface area (Å²) in [5, 5.41) is 6.04. The predicted molar refractivity (Wildman–Crippen MR) is 163 cm³/mol. The van der Waals surface area contributed by atoms with Crippen LogP contribution in [-0.4, -0.2) is 14.1 Å². The maximum Gasteiger partial charge on any atom is 0.332 e. The van der Waals surface area contributed by atoms with Crippen LogP contribution in [0.3, 0.4) is 0 Å². The van der Waals surface area contributed by atoms with Gasteiger partial charge in [0.1, 0.15) is 17.3 Å². The summed E-state index contributed by atoms with van der Waals surface area (Å²) in [6, 6.07) is 31.4. The van der Waals surface area contributed by atoms with Crippen LogP contribution in [0.15, 0.2) is 107 Å². The molecule has 0 amide bonds. The molecular formula is C33H29N5O3. The van der Waals surface area contributed by atoms with E-state index >= 15 is 0 Å². The number of pyridine rings is 1. The van der Waals surface area contributed by atoms with Crippen molar-refractivity contribution in [3.8, 4) is 22.6 Å². The third-order valence-electron chi connectivity index (χ3n) is 7.29. The number of para-hydroxylation sites is 2. The Kier molecular flexibility index (Phi) is 6.83. The molecule has 8 heteroatoms. The molecule has 8 nitrogen and oxygen atoms in total. The number of anilines is 1. The second-order valence-corrected chi connectivity index (χ2v) is 9.87. The molecular weight excluding hydrogens is 514 g/mol. The fourth-order valence-corrected chi connectivity index (χ4v) is 5.18. The number of aromatic nitrogens is 3. The van der Waals surface area contributed by atoms with Crippen LogP contribution in [-0.2, 0) is 27.2 Å². The highest BCUT2D eigenvalue weighted by atomic mass is 16.5. The van der Waals surface area contributed by atoms with Crippen molar-refractivity contribution < 1.29 is 4.74 Å². The smallest absolute Gasteiger partial charge is 0.332 e. The Bertz CT molecular complexity index is 2030. The highest BCUT2D eigenvalue weighted by Gasteiger charge is 2.24. The molecule has 0 unspecified atom stereocenters. The average molecular weight is 544 g/mol. The van der Waals surface area contributed by atoms with E-state index in [1.54, 1.807) is 7.05 Å². The number of nitrogens with two attached hydrogens (primary N) is 1. The summed E-state index contributed by atoms with van der Waals surface area (Å²) in [4.78, 5) is 31.4. The van der Waals surface area contributed by atoms with Gasteiger partial charge in [0.15, 0.2) is 5.65 Å². The number of fused-ring (bicyclic) bond motifs is 2. The third-order valence-corrected chi connectivity index (χ3v) is 7.29. The van der Waals surface area contributed by atoms with Crippen LogP contribution in [0, 0.1) is 0 Å². The topological polar surface area (TPSA) is 104 Å². The number of hydrogen-bond acceptors (Lipinski definition) is 6. The molecule has 6 aromatic rings. The molecule has 0 spiro atoms. The Morgan fingerprint density at radius 2 is 1.54 bits per heavy atom. The molecule has 0 radical (unpaired) electrons. The van der Waals surface area contributed by atoms with Crippen LogP contribution in [0.2, 0.25) is 0 Å². The van der Waals surface area contributed by atoms with Gasteiger partial charge in [0.2, 0.25) is 0 Å². The number of nitrogens with zero attached hydrogens (tertiary/aromatic N) is 3. The summed E-state index contributed by atoms with van der Waals surface area (Å²) in [7, 11) is 3.08. The minimum atomic E-state index is -0.462. The minimum absolute atomic E-state index is 0.101. The fraction of sp³-hybridized carbons (Fsp3) is 0.121. The molecule has 0 saturated carbocycles. The molecule has 0 atom stereocenters. The number of nitrogens with one attached hydrogen (secondary N) is 1. The van der Waals surface area contributed by atoms with Crippen molar-refractivity contribution in [2.24, 2.45) is 19.8 Å². The summed E-state index contributed by atoms with van der Waals surface area (Å²) in [5.74, 6) is 1.71. The highest BCUT2D eigenvalue weighted by Crippen LogP contribution is 2.40. The molecule has 6 rings (SSSR count). The van der Waals surface area contributed by atoms with E-state index in [9.17, 15) is 9.59 Å². The van der Waals surface area contributed by atoms with Gasteiger partial charge in [0.05, 0.1) is 5.39 Å². The Morgan fingerprint density at radius 3 is 2.32 bits per heavy atom. The highest BCUT2D eigenvalue weighted by molar-refractivity contribution is 5.98. The van der Waals surface area contributed by atoms with Crippen LogP contribution in [0.5, 0.6) is 11.5 Å².